The average molecular weight is 381 g/mol. The van der Waals surface area contributed by atoms with E-state index in [1.807, 2.05) is 0 Å². The van der Waals surface area contributed by atoms with Crippen LogP contribution in [0.25, 0.3) is 0 Å². The van der Waals surface area contributed by atoms with Crippen LogP contribution >= 0.6 is 0 Å². The molecule has 1 amide bonds. The Morgan fingerprint density at radius 2 is 1.48 bits per heavy atom. The van der Waals surface area contributed by atoms with Crippen molar-refractivity contribution in [2.24, 2.45) is 0 Å². The molecule has 0 bridgehead atoms. The molecule has 156 valence electrons. The Kier molecular flexibility index (Phi) is 18.0. The number of hydrogen-bond acceptors (Lipinski definition) is 3. The summed E-state index contributed by atoms with van der Waals surface area (Å²) in [5.41, 5.74) is 0.888. The SMILES string of the molecule is CCCCCC(=N)CCC=CCCCCCCCC(=O)NCCCC(=O)O. The molecule has 0 aromatic rings. The van der Waals surface area contributed by atoms with E-state index in [0.717, 1.165) is 57.1 Å². The van der Waals surface area contributed by atoms with E-state index in [4.69, 9.17) is 10.5 Å². The van der Waals surface area contributed by atoms with Crippen LogP contribution in [0.3, 0.4) is 0 Å². The minimum atomic E-state index is -0.819. The first-order chi connectivity index (χ1) is 13.1. The molecular formula is C22H40N2O3. The second-order valence-corrected chi connectivity index (χ2v) is 7.22. The van der Waals surface area contributed by atoms with Crippen molar-refractivity contribution < 1.29 is 14.7 Å². The van der Waals surface area contributed by atoms with E-state index in [9.17, 15) is 9.59 Å². The van der Waals surface area contributed by atoms with E-state index in [1.54, 1.807) is 0 Å². The quantitative estimate of drug-likeness (QED) is 0.154. The molecule has 0 aromatic heterocycles. The van der Waals surface area contributed by atoms with Crippen molar-refractivity contribution in [3.8, 4) is 0 Å². The van der Waals surface area contributed by atoms with Gasteiger partial charge in [0.25, 0.3) is 0 Å². The molecule has 0 unspecified atom stereocenters. The molecule has 3 N–H and O–H groups in total. The number of amides is 1. The van der Waals surface area contributed by atoms with E-state index in [1.165, 1.54) is 25.7 Å². The lowest BCUT2D eigenvalue weighted by Gasteiger charge is -2.04. The summed E-state index contributed by atoms with van der Waals surface area (Å²) >= 11 is 0. The van der Waals surface area contributed by atoms with Crippen LogP contribution in [0, 0.1) is 5.41 Å². The highest BCUT2D eigenvalue weighted by atomic mass is 16.4. The van der Waals surface area contributed by atoms with E-state index < -0.39 is 5.97 Å². The number of carboxylic acid groups (broad SMARTS) is 1. The van der Waals surface area contributed by atoms with Crippen LogP contribution in [0.4, 0.5) is 0 Å². The third-order valence-corrected chi connectivity index (χ3v) is 4.53. The van der Waals surface area contributed by atoms with Crippen molar-refractivity contribution in [3.63, 3.8) is 0 Å². The summed E-state index contributed by atoms with van der Waals surface area (Å²) in [5, 5.41) is 19.2. The number of carboxylic acids is 1. The lowest BCUT2D eigenvalue weighted by atomic mass is 10.1. The smallest absolute Gasteiger partial charge is 0.303 e. The molecule has 0 aliphatic heterocycles. The summed E-state index contributed by atoms with van der Waals surface area (Å²) in [4.78, 5) is 21.9. The summed E-state index contributed by atoms with van der Waals surface area (Å²) in [6.07, 6.45) is 18.7. The fourth-order valence-corrected chi connectivity index (χ4v) is 2.84. The minimum Gasteiger partial charge on any atom is -0.481 e. The van der Waals surface area contributed by atoms with Gasteiger partial charge in [0.2, 0.25) is 5.91 Å². The second-order valence-electron chi connectivity index (χ2n) is 7.22. The number of carbonyl (C=O) groups excluding carboxylic acids is 1. The zero-order valence-electron chi connectivity index (χ0n) is 17.2. The van der Waals surface area contributed by atoms with Crippen LogP contribution in [0.1, 0.15) is 103 Å². The topological polar surface area (TPSA) is 90.3 Å². The zero-order valence-corrected chi connectivity index (χ0v) is 17.2. The zero-order chi connectivity index (χ0) is 20.2. The maximum Gasteiger partial charge on any atom is 0.303 e. The van der Waals surface area contributed by atoms with Gasteiger partial charge in [-0.25, -0.2) is 0 Å². The largest absolute Gasteiger partial charge is 0.481 e. The molecule has 0 spiro atoms. The van der Waals surface area contributed by atoms with Crippen LogP contribution in [0.2, 0.25) is 0 Å². The van der Waals surface area contributed by atoms with Gasteiger partial charge in [-0.1, -0.05) is 51.2 Å². The number of allylic oxidation sites excluding steroid dienone is 2. The Morgan fingerprint density at radius 3 is 2.22 bits per heavy atom. The van der Waals surface area contributed by atoms with Crippen LogP contribution in [-0.4, -0.2) is 29.2 Å². The fraction of sp³-hybridized carbons (Fsp3) is 0.773. The summed E-state index contributed by atoms with van der Waals surface area (Å²) < 4.78 is 0. The normalized spacial score (nSPS) is 11.0. The molecule has 0 saturated carbocycles. The Hall–Kier alpha value is -1.65. The Bertz CT molecular complexity index is 433. The van der Waals surface area contributed by atoms with Crippen molar-refractivity contribution >= 4 is 17.6 Å². The number of aliphatic carboxylic acids is 1. The lowest BCUT2D eigenvalue weighted by Crippen LogP contribution is -2.24. The van der Waals surface area contributed by atoms with Crippen LogP contribution in [-0.2, 0) is 9.59 Å². The van der Waals surface area contributed by atoms with Crippen molar-refractivity contribution in [2.75, 3.05) is 6.54 Å². The van der Waals surface area contributed by atoms with Crippen molar-refractivity contribution in [1.82, 2.24) is 5.32 Å². The molecule has 0 saturated heterocycles. The van der Waals surface area contributed by atoms with Gasteiger partial charge < -0.3 is 15.8 Å². The Balaban J connectivity index is 3.33. The van der Waals surface area contributed by atoms with Gasteiger partial charge in [-0.05, 0) is 51.4 Å². The number of carbonyl (C=O) groups is 2. The van der Waals surface area contributed by atoms with E-state index in [0.29, 0.717) is 19.4 Å². The van der Waals surface area contributed by atoms with Gasteiger partial charge in [-0.2, -0.15) is 0 Å². The molecule has 0 aliphatic rings. The number of rotatable bonds is 19. The summed E-state index contributed by atoms with van der Waals surface area (Å²) in [6.45, 7) is 2.65. The maximum atomic E-state index is 11.6. The molecule has 5 heteroatoms. The van der Waals surface area contributed by atoms with Gasteiger partial charge in [-0.15, -0.1) is 0 Å². The maximum absolute atomic E-state index is 11.6. The fourth-order valence-electron chi connectivity index (χ4n) is 2.84. The van der Waals surface area contributed by atoms with Crippen LogP contribution < -0.4 is 5.32 Å². The molecule has 0 rings (SSSR count). The third-order valence-electron chi connectivity index (χ3n) is 4.53. The first-order valence-corrected chi connectivity index (χ1v) is 10.8. The Labute approximate surface area is 165 Å². The number of hydrogen-bond donors (Lipinski definition) is 3. The summed E-state index contributed by atoms with van der Waals surface area (Å²) in [6, 6.07) is 0. The van der Waals surface area contributed by atoms with Crippen molar-refractivity contribution in [3.05, 3.63) is 12.2 Å². The van der Waals surface area contributed by atoms with Crippen molar-refractivity contribution in [1.29, 1.82) is 5.41 Å². The number of nitrogens with one attached hydrogen (secondary N) is 2. The lowest BCUT2D eigenvalue weighted by molar-refractivity contribution is -0.137. The van der Waals surface area contributed by atoms with Gasteiger partial charge in [0, 0.05) is 25.1 Å². The van der Waals surface area contributed by atoms with Gasteiger partial charge in [0.1, 0.15) is 0 Å². The molecule has 0 aromatic carbocycles. The predicted octanol–water partition coefficient (Wildman–Crippen LogP) is 5.63. The molecule has 0 heterocycles. The summed E-state index contributed by atoms with van der Waals surface area (Å²) in [5.74, 6) is -0.787. The number of unbranched alkanes of at least 4 members (excludes halogenated alkanes) is 7. The first kappa shape index (κ1) is 25.4. The van der Waals surface area contributed by atoms with Crippen LogP contribution in [0.5, 0.6) is 0 Å². The highest BCUT2D eigenvalue weighted by Gasteiger charge is 2.02. The third kappa shape index (κ3) is 20.5. The molecule has 0 fully saturated rings. The highest BCUT2D eigenvalue weighted by molar-refractivity contribution is 5.81. The molecule has 0 aliphatic carbocycles. The molecule has 27 heavy (non-hydrogen) atoms. The first-order valence-electron chi connectivity index (χ1n) is 10.8. The van der Waals surface area contributed by atoms with Gasteiger partial charge in [-0.3, -0.25) is 9.59 Å². The van der Waals surface area contributed by atoms with Crippen molar-refractivity contribution in [2.45, 2.75) is 103 Å². The minimum absolute atomic E-state index is 0.0311. The van der Waals surface area contributed by atoms with Gasteiger partial charge >= 0.3 is 5.97 Å². The van der Waals surface area contributed by atoms with Gasteiger partial charge in [0.05, 0.1) is 0 Å². The van der Waals surface area contributed by atoms with E-state index in [-0.39, 0.29) is 12.3 Å². The summed E-state index contributed by atoms with van der Waals surface area (Å²) in [7, 11) is 0. The highest BCUT2D eigenvalue weighted by Crippen LogP contribution is 2.09. The Morgan fingerprint density at radius 1 is 0.815 bits per heavy atom. The molecule has 0 radical (unpaired) electrons. The standard InChI is InChI=1S/C22H40N2O3/c1-2-3-11-15-20(23)16-12-9-7-5-4-6-8-10-13-17-21(25)24-19-14-18-22(26)27/h7,9,23H,2-6,8,10-19H2,1H3,(H,24,25)(H,26,27). The second kappa shape index (κ2) is 19.1. The van der Waals surface area contributed by atoms with E-state index in [2.05, 4.69) is 24.4 Å². The van der Waals surface area contributed by atoms with Gasteiger partial charge in [0.15, 0.2) is 0 Å². The van der Waals surface area contributed by atoms with E-state index >= 15 is 0 Å². The average Bonchev–Trinajstić information content (AvgIpc) is 2.63. The predicted molar refractivity (Wildman–Crippen MR) is 112 cm³/mol. The molecule has 5 nitrogen and oxygen atoms in total. The molecule has 0 atom stereocenters. The monoisotopic (exact) mass is 380 g/mol. The molecular weight excluding hydrogens is 340 g/mol. The van der Waals surface area contributed by atoms with Crippen LogP contribution in [0.15, 0.2) is 12.2 Å².